The van der Waals surface area contributed by atoms with E-state index >= 15 is 0 Å². The summed E-state index contributed by atoms with van der Waals surface area (Å²) in [6.45, 7) is 3.05. The second-order valence-electron chi connectivity index (χ2n) is 7.28. The molecule has 12 heteroatoms. The van der Waals surface area contributed by atoms with Crippen molar-refractivity contribution in [3.63, 3.8) is 0 Å². The maximum atomic E-state index is 12.8. The van der Waals surface area contributed by atoms with E-state index in [1.807, 2.05) is 6.92 Å². The molecule has 0 saturated carbocycles. The van der Waals surface area contributed by atoms with Crippen molar-refractivity contribution >= 4 is 54.9 Å². The number of piperazine rings is 1. The number of amides is 1. The zero-order valence-corrected chi connectivity index (χ0v) is 19.6. The molecule has 1 saturated heterocycles. The summed E-state index contributed by atoms with van der Waals surface area (Å²) in [4.78, 5) is 29.4. The van der Waals surface area contributed by atoms with E-state index < -0.39 is 14.9 Å². The van der Waals surface area contributed by atoms with Crippen LogP contribution in [0.3, 0.4) is 0 Å². The Morgan fingerprint density at radius 2 is 1.84 bits per heavy atom. The molecule has 0 spiro atoms. The van der Waals surface area contributed by atoms with Crippen LogP contribution in [-0.2, 0) is 14.8 Å². The maximum absolute atomic E-state index is 12.8. The van der Waals surface area contributed by atoms with Gasteiger partial charge < -0.3 is 4.90 Å². The van der Waals surface area contributed by atoms with Crippen molar-refractivity contribution in [1.29, 1.82) is 0 Å². The first-order valence-electron chi connectivity index (χ1n) is 9.76. The summed E-state index contributed by atoms with van der Waals surface area (Å²) in [5.74, 6) is 0.0831. The molecule has 2 heterocycles. The Kier molecular flexibility index (Phi) is 6.47. The minimum absolute atomic E-state index is 0.00670. The van der Waals surface area contributed by atoms with E-state index in [0.717, 1.165) is 5.56 Å². The fourth-order valence-electron chi connectivity index (χ4n) is 3.32. The summed E-state index contributed by atoms with van der Waals surface area (Å²) in [5, 5.41) is 10.9. The van der Waals surface area contributed by atoms with Crippen LogP contribution in [0.25, 0.3) is 10.2 Å². The monoisotopic (exact) mass is 492 g/mol. The number of nitro benzene ring substituents is 1. The van der Waals surface area contributed by atoms with Gasteiger partial charge in [-0.15, -0.1) is 11.3 Å². The summed E-state index contributed by atoms with van der Waals surface area (Å²) >= 11 is 2.59. The van der Waals surface area contributed by atoms with Gasteiger partial charge in [0.25, 0.3) is 5.69 Å². The molecule has 9 nitrogen and oxygen atoms in total. The Bertz CT molecular complexity index is 1270. The number of carbonyl (C=O) groups is 1. The van der Waals surface area contributed by atoms with Gasteiger partial charge in [-0.25, -0.2) is 13.4 Å². The predicted molar refractivity (Wildman–Crippen MR) is 124 cm³/mol. The Morgan fingerprint density at radius 3 is 2.50 bits per heavy atom. The average Bonchev–Trinajstić information content (AvgIpc) is 3.20. The minimum atomic E-state index is -3.57. The quantitative estimate of drug-likeness (QED) is 0.295. The fourth-order valence-corrected chi connectivity index (χ4v) is 6.75. The lowest BCUT2D eigenvalue weighted by Gasteiger charge is -2.34. The fraction of sp³-hybridized carbons (Fsp3) is 0.300. The molecule has 0 N–H and O–H groups in total. The second-order valence-corrected chi connectivity index (χ2v) is 11.5. The SMILES string of the molecule is Cc1ccc(S(=O)(=O)N2CCN(C(=O)CSc3nc4ccc([N+](=O)[O-])cc4s3)CC2)cc1. The Balaban J connectivity index is 1.33. The molecule has 1 aliphatic heterocycles. The number of nitro groups is 1. The first-order valence-corrected chi connectivity index (χ1v) is 13.0. The van der Waals surface area contributed by atoms with Crippen molar-refractivity contribution in [3.8, 4) is 0 Å². The van der Waals surface area contributed by atoms with E-state index in [4.69, 9.17) is 0 Å². The third kappa shape index (κ3) is 4.77. The van der Waals surface area contributed by atoms with Crippen molar-refractivity contribution in [3.05, 3.63) is 58.1 Å². The molecule has 1 fully saturated rings. The van der Waals surface area contributed by atoms with Gasteiger partial charge in [0.15, 0.2) is 4.34 Å². The predicted octanol–water partition coefficient (Wildman–Crippen LogP) is 3.14. The molecule has 0 unspecified atom stereocenters. The summed E-state index contributed by atoms with van der Waals surface area (Å²) in [5.41, 5.74) is 1.65. The Morgan fingerprint density at radius 1 is 1.16 bits per heavy atom. The van der Waals surface area contributed by atoms with Crippen LogP contribution in [0.4, 0.5) is 5.69 Å². The summed E-state index contributed by atoms with van der Waals surface area (Å²) in [6.07, 6.45) is 0. The zero-order chi connectivity index (χ0) is 22.9. The van der Waals surface area contributed by atoms with Gasteiger partial charge in [-0.1, -0.05) is 29.5 Å². The highest BCUT2D eigenvalue weighted by molar-refractivity contribution is 8.01. The first kappa shape index (κ1) is 22.6. The van der Waals surface area contributed by atoms with Crippen LogP contribution in [0, 0.1) is 17.0 Å². The van der Waals surface area contributed by atoms with Crippen LogP contribution >= 0.6 is 23.1 Å². The number of thioether (sulfide) groups is 1. The van der Waals surface area contributed by atoms with E-state index in [0.29, 0.717) is 27.6 Å². The van der Waals surface area contributed by atoms with Crippen LogP contribution in [0.15, 0.2) is 51.7 Å². The van der Waals surface area contributed by atoms with Gasteiger partial charge in [0.05, 0.1) is 25.8 Å². The molecule has 2 aromatic carbocycles. The van der Waals surface area contributed by atoms with Crippen molar-refractivity contribution in [1.82, 2.24) is 14.2 Å². The summed E-state index contributed by atoms with van der Waals surface area (Å²) < 4.78 is 28.4. The molecule has 1 aliphatic rings. The van der Waals surface area contributed by atoms with Crippen molar-refractivity contribution in [2.45, 2.75) is 16.2 Å². The number of benzene rings is 2. The number of aryl methyl sites for hydroxylation is 1. The molecule has 0 bridgehead atoms. The number of sulfonamides is 1. The van der Waals surface area contributed by atoms with Crippen molar-refractivity contribution in [2.24, 2.45) is 0 Å². The molecule has 3 aromatic rings. The lowest BCUT2D eigenvalue weighted by atomic mass is 10.2. The van der Waals surface area contributed by atoms with Gasteiger partial charge in [0.2, 0.25) is 15.9 Å². The number of carbonyl (C=O) groups excluding carboxylic acids is 1. The van der Waals surface area contributed by atoms with Gasteiger partial charge in [-0.05, 0) is 25.1 Å². The molecule has 1 amide bonds. The number of nitrogens with zero attached hydrogens (tertiary/aromatic N) is 4. The molecule has 1 aromatic heterocycles. The normalized spacial score (nSPS) is 15.2. The zero-order valence-electron chi connectivity index (χ0n) is 17.1. The number of non-ortho nitro benzene ring substituents is 1. The Labute approximate surface area is 193 Å². The molecule has 0 aliphatic carbocycles. The molecule has 0 atom stereocenters. The Hall–Kier alpha value is -2.54. The van der Waals surface area contributed by atoms with Gasteiger partial charge in [0, 0.05) is 38.3 Å². The van der Waals surface area contributed by atoms with E-state index in [-0.39, 0.29) is 35.3 Å². The largest absolute Gasteiger partial charge is 0.339 e. The van der Waals surface area contributed by atoms with E-state index in [1.165, 1.54) is 39.5 Å². The lowest BCUT2D eigenvalue weighted by molar-refractivity contribution is -0.384. The number of aromatic nitrogens is 1. The molecular formula is C20H20N4O5S3. The lowest BCUT2D eigenvalue weighted by Crippen LogP contribution is -2.50. The van der Waals surface area contributed by atoms with E-state index in [9.17, 15) is 23.3 Å². The molecule has 168 valence electrons. The summed E-state index contributed by atoms with van der Waals surface area (Å²) in [6, 6.07) is 11.2. The van der Waals surface area contributed by atoms with E-state index in [2.05, 4.69) is 4.98 Å². The minimum Gasteiger partial charge on any atom is -0.339 e. The highest BCUT2D eigenvalue weighted by atomic mass is 32.2. The number of thiazole rings is 1. The second kappa shape index (κ2) is 9.14. The van der Waals surface area contributed by atoms with Gasteiger partial charge in [-0.3, -0.25) is 14.9 Å². The molecule has 4 rings (SSSR count). The van der Waals surface area contributed by atoms with Crippen molar-refractivity contribution < 1.29 is 18.1 Å². The third-order valence-corrected chi connectivity index (χ3v) is 9.19. The number of hydrogen-bond acceptors (Lipinski definition) is 8. The molecule has 32 heavy (non-hydrogen) atoms. The molecular weight excluding hydrogens is 472 g/mol. The number of fused-ring (bicyclic) bond motifs is 1. The highest BCUT2D eigenvalue weighted by Crippen LogP contribution is 2.32. The van der Waals surface area contributed by atoms with Crippen LogP contribution in [0.1, 0.15) is 5.56 Å². The maximum Gasteiger partial charge on any atom is 0.270 e. The first-order chi connectivity index (χ1) is 15.2. The topological polar surface area (TPSA) is 114 Å². The van der Waals surface area contributed by atoms with Gasteiger partial charge in [0.1, 0.15) is 0 Å². The van der Waals surface area contributed by atoms with Crippen LogP contribution in [0.2, 0.25) is 0 Å². The van der Waals surface area contributed by atoms with Gasteiger partial charge in [-0.2, -0.15) is 4.31 Å². The van der Waals surface area contributed by atoms with E-state index in [1.54, 1.807) is 35.2 Å². The van der Waals surface area contributed by atoms with Crippen LogP contribution in [0.5, 0.6) is 0 Å². The highest BCUT2D eigenvalue weighted by Gasteiger charge is 2.30. The molecule has 0 radical (unpaired) electrons. The number of hydrogen-bond donors (Lipinski definition) is 0. The smallest absolute Gasteiger partial charge is 0.270 e. The van der Waals surface area contributed by atoms with Crippen LogP contribution in [-0.4, -0.2) is 65.4 Å². The van der Waals surface area contributed by atoms with Crippen molar-refractivity contribution in [2.75, 3.05) is 31.9 Å². The standard InChI is InChI=1S/C20H20N4O5S3/c1-14-2-5-16(6-3-14)32(28,29)23-10-8-22(9-11-23)19(25)13-30-20-21-17-7-4-15(24(26)27)12-18(17)31-20/h2-7,12H,8-11,13H2,1H3. The summed E-state index contributed by atoms with van der Waals surface area (Å²) in [7, 11) is -3.57. The van der Waals surface area contributed by atoms with Gasteiger partial charge >= 0.3 is 0 Å². The van der Waals surface area contributed by atoms with Crippen LogP contribution < -0.4 is 0 Å². The third-order valence-electron chi connectivity index (χ3n) is 5.13. The average molecular weight is 493 g/mol. The number of rotatable bonds is 6.